The standard InChI is InChI=1S/C19H20ClFN2O3/c1-3-4-11-22(2)19(26)17(23-12-14(20)7-10-16(23)24)18(25)13-5-8-15(21)9-6-13/h5-10,12,17H,3-4,11H2,1-2H3/t17-/m0/s1. The van der Waals surface area contributed by atoms with Crippen LogP contribution < -0.4 is 5.56 Å². The third kappa shape index (κ3) is 4.58. The van der Waals surface area contributed by atoms with E-state index in [1.807, 2.05) is 6.92 Å². The molecule has 1 aromatic heterocycles. The molecular formula is C19H20ClFN2O3. The van der Waals surface area contributed by atoms with Crippen molar-refractivity contribution in [2.45, 2.75) is 25.8 Å². The molecule has 138 valence electrons. The summed E-state index contributed by atoms with van der Waals surface area (Å²) in [5, 5.41) is 0.227. The zero-order chi connectivity index (χ0) is 19.3. The Bertz CT molecular complexity index is 849. The molecular weight excluding hydrogens is 359 g/mol. The molecule has 0 unspecified atom stereocenters. The van der Waals surface area contributed by atoms with Crippen molar-refractivity contribution in [1.29, 1.82) is 0 Å². The first kappa shape index (κ1) is 19.8. The molecule has 0 aliphatic rings. The Hall–Kier alpha value is -2.47. The van der Waals surface area contributed by atoms with Crippen molar-refractivity contribution < 1.29 is 14.0 Å². The van der Waals surface area contributed by atoms with Crippen LogP contribution in [0.4, 0.5) is 4.39 Å². The van der Waals surface area contributed by atoms with Crippen LogP contribution in [0, 0.1) is 5.82 Å². The van der Waals surface area contributed by atoms with Gasteiger partial charge in [-0.25, -0.2) is 4.39 Å². The summed E-state index contributed by atoms with van der Waals surface area (Å²) in [4.78, 5) is 39.6. The van der Waals surface area contributed by atoms with Crippen LogP contribution in [0.5, 0.6) is 0 Å². The summed E-state index contributed by atoms with van der Waals surface area (Å²) in [7, 11) is 1.58. The summed E-state index contributed by atoms with van der Waals surface area (Å²) in [5.41, 5.74) is -0.382. The molecule has 0 spiro atoms. The zero-order valence-electron chi connectivity index (χ0n) is 14.6. The van der Waals surface area contributed by atoms with Crippen molar-refractivity contribution in [3.63, 3.8) is 0 Å². The van der Waals surface area contributed by atoms with E-state index in [-0.39, 0.29) is 10.6 Å². The van der Waals surface area contributed by atoms with Crippen molar-refractivity contribution in [2.24, 2.45) is 0 Å². The number of aromatic nitrogens is 1. The second-order valence-electron chi connectivity index (χ2n) is 5.98. The van der Waals surface area contributed by atoms with E-state index in [4.69, 9.17) is 11.6 Å². The van der Waals surface area contributed by atoms with E-state index in [2.05, 4.69) is 0 Å². The molecule has 1 amide bonds. The number of benzene rings is 1. The average molecular weight is 379 g/mol. The number of carbonyl (C=O) groups excluding carboxylic acids is 2. The fourth-order valence-corrected chi connectivity index (χ4v) is 2.69. The van der Waals surface area contributed by atoms with Gasteiger partial charge < -0.3 is 4.90 Å². The van der Waals surface area contributed by atoms with Gasteiger partial charge in [0.15, 0.2) is 11.8 Å². The van der Waals surface area contributed by atoms with Crippen LogP contribution in [-0.4, -0.2) is 34.7 Å². The number of hydrogen-bond acceptors (Lipinski definition) is 3. The maximum absolute atomic E-state index is 13.2. The first-order valence-electron chi connectivity index (χ1n) is 8.27. The SMILES string of the molecule is CCCCN(C)C(=O)[C@H](C(=O)c1ccc(F)cc1)n1cc(Cl)ccc1=O. The summed E-state index contributed by atoms with van der Waals surface area (Å²) < 4.78 is 14.2. The van der Waals surface area contributed by atoms with Crippen molar-refractivity contribution >= 4 is 23.3 Å². The van der Waals surface area contributed by atoms with Crippen molar-refractivity contribution in [3.05, 3.63) is 69.4 Å². The lowest BCUT2D eigenvalue weighted by molar-refractivity contribution is -0.132. The number of rotatable bonds is 7. The number of ketones is 1. The Balaban J connectivity index is 2.49. The first-order chi connectivity index (χ1) is 12.3. The van der Waals surface area contributed by atoms with Crippen LogP contribution in [-0.2, 0) is 4.79 Å². The highest BCUT2D eigenvalue weighted by Crippen LogP contribution is 2.18. The normalized spacial score (nSPS) is 11.8. The third-order valence-corrected chi connectivity index (χ3v) is 4.24. The van der Waals surface area contributed by atoms with E-state index in [9.17, 15) is 18.8 Å². The molecule has 1 heterocycles. The predicted molar refractivity (Wildman–Crippen MR) is 98.0 cm³/mol. The topological polar surface area (TPSA) is 59.4 Å². The molecule has 0 radical (unpaired) electrons. The van der Waals surface area contributed by atoms with Crippen LogP contribution in [0.3, 0.4) is 0 Å². The molecule has 1 aromatic carbocycles. The van der Waals surface area contributed by atoms with E-state index < -0.39 is 29.1 Å². The van der Waals surface area contributed by atoms with Gasteiger partial charge in [-0.2, -0.15) is 0 Å². The molecule has 1 atom stereocenters. The highest BCUT2D eigenvalue weighted by molar-refractivity contribution is 6.30. The smallest absolute Gasteiger partial charge is 0.253 e. The lowest BCUT2D eigenvalue weighted by Crippen LogP contribution is -2.42. The van der Waals surface area contributed by atoms with Gasteiger partial charge in [-0.1, -0.05) is 24.9 Å². The highest BCUT2D eigenvalue weighted by atomic mass is 35.5. The molecule has 0 aliphatic carbocycles. The number of Topliss-reactive ketones (excluding diaryl/α,β-unsaturated/α-hetero) is 1. The van der Waals surface area contributed by atoms with Crippen LogP contribution in [0.1, 0.15) is 36.2 Å². The number of nitrogens with zero attached hydrogens (tertiary/aromatic N) is 2. The molecule has 26 heavy (non-hydrogen) atoms. The Labute approximate surface area is 156 Å². The van der Waals surface area contributed by atoms with Crippen molar-refractivity contribution in [1.82, 2.24) is 9.47 Å². The predicted octanol–water partition coefficient (Wildman–Crippen LogP) is 3.32. The molecule has 0 saturated carbocycles. The molecule has 0 saturated heterocycles. The fraction of sp³-hybridized carbons (Fsp3) is 0.316. The minimum atomic E-state index is -1.39. The summed E-state index contributed by atoms with van der Waals surface area (Å²) >= 11 is 5.95. The molecule has 0 fully saturated rings. The van der Waals surface area contributed by atoms with Gasteiger partial charge in [-0.3, -0.25) is 19.0 Å². The molecule has 0 aliphatic heterocycles. The fourth-order valence-electron chi connectivity index (χ4n) is 2.52. The van der Waals surface area contributed by atoms with Gasteiger partial charge in [0.2, 0.25) is 0 Å². The van der Waals surface area contributed by atoms with Crippen LogP contribution >= 0.6 is 11.6 Å². The van der Waals surface area contributed by atoms with Crippen LogP contribution in [0.2, 0.25) is 5.02 Å². The van der Waals surface area contributed by atoms with E-state index in [0.717, 1.165) is 29.5 Å². The second kappa shape index (κ2) is 8.76. The number of likely N-dealkylation sites (N-methyl/N-ethyl adjacent to an activating group) is 1. The van der Waals surface area contributed by atoms with Gasteiger partial charge in [0, 0.05) is 31.4 Å². The molecule has 0 N–H and O–H groups in total. The van der Waals surface area contributed by atoms with Gasteiger partial charge in [0.05, 0.1) is 5.02 Å². The van der Waals surface area contributed by atoms with E-state index in [0.29, 0.717) is 6.54 Å². The Morgan fingerprint density at radius 2 is 1.85 bits per heavy atom. The monoisotopic (exact) mass is 378 g/mol. The number of pyridine rings is 1. The largest absolute Gasteiger partial charge is 0.344 e. The molecule has 2 rings (SSSR count). The second-order valence-corrected chi connectivity index (χ2v) is 6.42. The van der Waals surface area contributed by atoms with Gasteiger partial charge in [-0.05, 0) is 36.8 Å². The lowest BCUT2D eigenvalue weighted by Gasteiger charge is -2.24. The number of hydrogen-bond donors (Lipinski definition) is 0. The Morgan fingerprint density at radius 3 is 2.46 bits per heavy atom. The number of carbonyl (C=O) groups is 2. The van der Waals surface area contributed by atoms with Gasteiger partial charge in [0.25, 0.3) is 11.5 Å². The lowest BCUT2D eigenvalue weighted by atomic mass is 10.0. The Kier molecular flexibility index (Phi) is 6.69. The maximum atomic E-state index is 13.2. The molecule has 2 aromatic rings. The summed E-state index contributed by atoms with van der Waals surface area (Å²) in [6.45, 7) is 2.44. The van der Waals surface area contributed by atoms with Gasteiger partial charge >= 0.3 is 0 Å². The first-order valence-corrected chi connectivity index (χ1v) is 8.65. The molecule has 5 nitrogen and oxygen atoms in total. The number of unbranched alkanes of at least 4 members (excludes halogenated alkanes) is 1. The summed E-state index contributed by atoms with van der Waals surface area (Å²) in [6.07, 6.45) is 2.91. The zero-order valence-corrected chi connectivity index (χ0v) is 15.4. The van der Waals surface area contributed by atoms with E-state index >= 15 is 0 Å². The number of amides is 1. The van der Waals surface area contributed by atoms with Gasteiger partial charge in [0.1, 0.15) is 5.82 Å². The van der Waals surface area contributed by atoms with Crippen LogP contribution in [0.15, 0.2) is 47.4 Å². The van der Waals surface area contributed by atoms with Crippen molar-refractivity contribution in [2.75, 3.05) is 13.6 Å². The Morgan fingerprint density at radius 1 is 1.19 bits per heavy atom. The van der Waals surface area contributed by atoms with E-state index in [1.165, 1.54) is 35.4 Å². The summed E-state index contributed by atoms with van der Waals surface area (Å²) in [5.74, 6) is -1.61. The number of halogens is 2. The minimum Gasteiger partial charge on any atom is -0.344 e. The maximum Gasteiger partial charge on any atom is 0.253 e. The molecule has 7 heteroatoms. The summed E-state index contributed by atoms with van der Waals surface area (Å²) in [6, 6.07) is 6.05. The average Bonchev–Trinajstić information content (AvgIpc) is 2.63. The van der Waals surface area contributed by atoms with Gasteiger partial charge in [-0.15, -0.1) is 0 Å². The highest BCUT2D eigenvalue weighted by Gasteiger charge is 2.32. The van der Waals surface area contributed by atoms with E-state index in [1.54, 1.807) is 7.05 Å². The third-order valence-electron chi connectivity index (χ3n) is 4.01. The van der Waals surface area contributed by atoms with Crippen molar-refractivity contribution in [3.8, 4) is 0 Å². The van der Waals surface area contributed by atoms with Crippen LogP contribution in [0.25, 0.3) is 0 Å². The molecule has 0 bridgehead atoms. The quantitative estimate of drug-likeness (QED) is 0.548. The minimum absolute atomic E-state index is 0.139.